The van der Waals surface area contributed by atoms with Crippen molar-refractivity contribution in [2.75, 3.05) is 6.61 Å². The van der Waals surface area contributed by atoms with E-state index in [0.29, 0.717) is 18.6 Å². The normalized spacial score (nSPS) is 24.3. The zero-order valence-corrected chi connectivity index (χ0v) is 9.11. The van der Waals surface area contributed by atoms with Crippen LogP contribution in [-0.4, -0.2) is 19.0 Å². The van der Waals surface area contributed by atoms with Gasteiger partial charge in [0.15, 0.2) is 11.5 Å². The van der Waals surface area contributed by atoms with Crippen molar-refractivity contribution in [3.05, 3.63) is 23.8 Å². The van der Waals surface area contributed by atoms with E-state index in [0.717, 1.165) is 0 Å². The SMILES string of the molecule is O=C1N[C@H](c2ccc3c(c2)OC(F)(F)O3)CCO1. The smallest absolute Gasteiger partial charge is 0.449 e. The molecule has 3 rings (SSSR count). The fourth-order valence-corrected chi connectivity index (χ4v) is 1.96. The predicted molar refractivity (Wildman–Crippen MR) is 54.5 cm³/mol. The van der Waals surface area contributed by atoms with Gasteiger partial charge >= 0.3 is 12.4 Å². The summed E-state index contributed by atoms with van der Waals surface area (Å²) < 4.78 is 39.1. The number of hydrogen-bond acceptors (Lipinski definition) is 4. The lowest BCUT2D eigenvalue weighted by Crippen LogP contribution is -2.35. The molecule has 0 bridgehead atoms. The molecule has 1 N–H and O–H groups in total. The van der Waals surface area contributed by atoms with Crippen molar-refractivity contribution in [2.24, 2.45) is 0 Å². The summed E-state index contributed by atoms with van der Waals surface area (Å²) >= 11 is 0. The number of ether oxygens (including phenoxy) is 3. The van der Waals surface area contributed by atoms with Gasteiger partial charge in [-0.25, -0.2) is 4.79 Å². The lowest BCUT2D eigenvalue weighted by Gasteiger charge is -2.23. The van der Waals surface area contributed by atoms with Crippen molar-refractivity contribution < 1.29 is 27.8 Å². The van der Waals surface area contributed by atoms with Crippen LogP contribution in [0.15, 0.2) is 18.2 Å². The molecule has 0 aliphatic carbocycles. The third-order valence-corrected chi connectivity index (χ3v) is 2.76. The van der Waals surface area contributed by atoms with E-state index in [1.54, 1.807) is 6.07 Å². The van der Waals surface area contributed by atoms with Gasteiger partial charge in [0.25, 0.3) is 0 Å². The zero-order chi connectivity index (χ0) is 12.8. The minimum absolute atomic E-state index is 0.0119. The van der Waals surface area contributed by atoms with Crippen molar-refractivity contribution in [2.45, 2.75) is 18.8 Å². The molecule has 5 nitrogen and oxygen atoms in total. The Balaban J connectivity index is 1.85. The van der Waals surface area contributed by atoms with Gasteiger partial charge in [-0.05, 0) is 17.7 Å². The standard InChI is InChI=1S/C11H9F2NO4/c12-11(13)17-8-2-1-6(5-9(8)18-11)7-3-4-16-10(15)14-7/h1-2,5,7H,3-4H2,(H,14,15)/t7-/m0/s1. The fraction of sp³-hybridized carbons (Fsp3) is 0.364. The molecule has 1 atom stereocenters. The summed E-state index contributed by atoms with van der Waals surface area (Å²) in [5.41, 5.74) is 0.673. The van der Waals surface area contributed by atoms with Gasteiger partial charge in [0.2, 0.25) is 0 Å². The van der Waals surface area contributed by atoms with Crippen LogP contribution in [0, 0.1) is 0 Å². The summed E-state index contributed by atoms with van der Waals surface area (Å²) in [7, 11) is 0. The number of alkyl halides is 2. The highest BCUT2D eigenvalue weighted by Gasteiger charge is 2.43. The summed E-state index contributed by atoms with van der Waals surface area (Å²) in [6.45, 7) is 0.293. The molecule has 1 aromatic carbocycles. The summed E-state index contributed by atoms with van der Waals surface area (Å²) in [4.78, 5) is 11.1. The van der Waals surface area contributed by atoms with Gasteiger partial charge in [-0.3, -0.25) is 0 Å². The molecular formula is C11H9F2NO4. The minimum Gasteiger partial charge on any atom is -0.449 e. The summed E-state index contributed by atoms with van der Waals surface area (Å²) in [5.74, 6) is -0.0413. The Bertz CT molecular complexity index is 506. The summed E-state index contributed by atoms with van der Waals surface area (Å²) in [6, 6.07) is 4.17. The number of hydrogen-bond donors (Lipinski definition) is 1. The largest absolute Gasteiger partial charge is 0.586 e. The highest BCUT2D eigenvalue weighted by molar-refractivity contribution is 5.68. The molecule has 2 aliphatic rings. The molecule has 0 aromatic heterocycles. The predicted octanol–water partition coefficient (Wildman–Crippen LogP) is 2.18. The average molecular weight is 257 g/mol. The molecule has 96 valence electrons. The summed E-state index contributed by atoms with van der Waals surface area (Å²) in [5, 5.41) is 2.60. The first kappa shape index (κ1) is 11.1. The van der Waals surface area contributed by atoms with E-state index in [1.807, 2.05) is 0 Å². The van der Waals surface area contributed by atoms with E-state index in [2.05, 4.69) is 14.8 Å². The lowest BCUT2D eigenvalue weighted by molar-refractivity contribution is -0.286. The fourth-order valence-electron chi connectivity index (χ4n) is 1.96. The quantitative estimate of drug-likeness (QED) is 0.837. The number of fused-ring (bicyclic) bond motifs is 1. The van der Waals surface area contributed by atoms with Crippen LogP contribution in [0.1, 0.15) is 18.0 Å². The maximum atomic E-state index is 12.8. The molecule has 1 fully saturated rings. The molecule has 1 aromatic rings. The van der Waals surface area contributed by atoms with Crippen molar-refractivity contribution in [3.63, 3.8) is 0 Å². The van der Waals surface area contributed by atoms with Gasteiger partial charge < -0.3 is 19.5 Å². The van der Waals surface area contributed by atoms with E-state index in [-0.39, 0.29) is 17.5 Å². The second-order valence-electron chi connectivity index (χ2n) is 4.00. The Kier molecular flexibility index (Phi) is 2.29. The molecule has 0 saturated carbocycles. The monoisotopic (exact) mass is 257 g/mol. The van der Waals surface area contributed by atoms with Crippen LogP contribution >= 0.6 is 0 Å². The van der Waals surface area contributed by atoms with Gasteiger partial charge in [-0.1, -0.05) is 6.07 Å². The van der Waals surface area contributed by atoms with Crippen LogP contribution in [-0.2, 0) is 4.74 Å². The Labute approximate surface area is 101 Å². The van der Waals surface area contributed by atoms with Gasteiger partial charge in [-0.15, -0.1) is 8.78 Å². The minimum atomic E-state index is -3.63. The topological polar surface area (TPSA) is 56.8 Å². The van der Waals surface area contributed by atoms with Crippen LogP contribution in [0.3, 0.4) is 0 Å². The zero-order valence-electron chi connectivity index (χ0n) is 9.11. The van der Waals surface area contributed by atoms with Gasteiger partial charge in [0.05, 0.1) is 12.6 Å². The number of rotatable bonds is 1. The molecule has 2 heterocycles. The van der Waals surface area contributed by atoms with Crippen molar-refractivity contribution in [1.82, 2.24) is 5.32 Å². The molecular weight excluding hydrogens is 248 g/mol. The average Bonchev–Trinajstić information content (AvgIpc) is 2.61. The number of alkyl carbamates (subject to hydrolysis) is 1. The van der Waals surface area contributed by atoms with E-state index in [4.69, 9.17) is 4.74 Å². The molecule has 18 heavy (non-hydrogen) atoms. The van der Waals surface area contributed by atoms with Crippen molar-refractivity contribution >= 4 is 6.09 Å². The Hall–Kier alpha value is -2.05. The van der Waals surface area contributed by atoms with Crippen LogP contribution in [0.2, 0.25) is 0 Å². The van der Waals surface area contributed by atoms with Crippen LogP contribution in [0.5, 0.6) is 11.5 Å². The number of halogens is 2. The van der Waals surface area contributed by atoms with E-state index >= 15 is 0 Å². The first-order valence-electron chi connectivity index (χ1n) is 5.37. The van der Waals surface area contributed by atoms with Gasteiger partial charge in [0.1, 0.15) is 0 Å². The van der Waals surface area contributed by atoms with E-state index in [1.165, 1.54) is 12.1 Å². The first-order chi connectivity index (χ1) is 8.53. The Morgan fingerprint density at radius 1 is 1.28 bits per heavy atom. The van der Waals surface area contributed by atoms with Crippen LogP contribution in [0.4, 0.5) is 13.6 Å². The highest BCUT2D eigenvalue weighted by atomic mass is 19.3. The summed E-state index contributed by atoms with van der Waals surface area (Å²) in [6.07, 6.45) is -3.57. The molecule has 1 amide bonds. The second kappa shape index (κ2) is 3.72. The van der Waals surface area contributed by atoms with E-state index < -0.39 is 12.4 Å². The number of carbonyl (C=O) groups excluding carboxylic acids is 1. The number of amides is 1. The van der Waals surface area contributed by atoms with Gasteiger partial charge in [-0.2, -0.15) is 0 Å². The van der Waals surface area contributed by atoms with E-state index in [9.17, 15) is 13.6 Å². The molecule has 2 aliphatic heterocycles. The van der Waals surface area contributed by atoms with Crippen LogP contribution < -0.4 is 14.8 Å². The second-order valence-corrected chi connectivity index (χ2v) is 4.00. The van der Waals surface area contributed by atoms with Crippen molar-refractivity contribution in [3.8, 4) is 11.5 Å². The van der Waals surface area contributed by atoms with Crippen LogP contribution in [0.25, 0.3) is 0 Å². The molecule has 1 saturated heterocycles. The third-order valence-electron chi connectivity index (χ3n) is 2.76. The Morgan fingerprint density at radius 3 is 2.83 bits per heavy atom. The highest BCUT2D eigenvalue weighted by Crippen LogP contribution is 2.42. The molecule has 7 heteroatoms. The third kappa shape index (κ3) is 1.92. The lowest BCUT2D eigenvalue weighted by atomic mass is 10.0. The molecule has 0 unspecified atom stereocenters. The number of nitrogens with one attached hydrogen (secondary N) is 1. The number of carbonyl (C=O) groups is 1. The van der Waals surface area contributed by atoms with Crippen molar-refractivity contribution in [1.29, 1.82) is 0 Å². The molecule has 0 spiro atoms. The maximum absolute atomic E-state index is 12.8. The first-order valence-corrected chi connectivity index (χ1v) is 5.37. The Morgan fingerprint density at radius 2 is 2.06 bits per heavy atom. The van der Waals surface area contributed by atoms with Gasteiger partial charge in [0, 0.05) is 6.42 Å². The number of benzene rings is 1. The maximum Gasteiger partial charge on any atom is 0.586 e. The number of cyclic esters (lactones) is 1. The molecule has 0 radical (unpaired) electrons.